The van der Waals surface area contributed by atoms with Crippen molar-refractivity contribution in [2.75, 3.05) is 32.9 Å². The maximum absolute atomic E-state index is 11.6. The number of sulfonamides is 1. The number of nitrogens with one attached hydrogen (secondary N) is 1. The highest BCUT2D eigenvalue weighted by Crippen LogP contribution is 2.03. The zero-order chi connectivity index (χ0) is 12.6. The van der Waals surface area contributed by atoms with Crippen LogP contribution in [0.15, 0.2) is 0 Å². The van der Waals surface area contributed by atoms with Gasteiger partial charge in [0.1, 0.15) is 0 Å². The fourth-order valence-electron chi connectivity index (χ4n) is 1.18. The summed E-state index contributed by atoms with van der Waals surface area (Å²) in [6.07, 6.45) is 0.794. The number of carbonyl (C=O) groups is 1. The Morgan fingerprint density at radius 2 is 2.00 bits per heavy atom. The lowest BCUT2D eigenvalue weighted by atomic mass is 10.3. The topological polar surface area (TPSA) is 86.7 Å². The quantitative estimate of drug-likeness (QED) is 0.551. The van der Waals surface area contributed by atoms with Gasteiger partial charge in [0.15, 0.2) is 0 Å². The molecule has 0 aliphatic heterocycles. The van der Waals surface area contributed by atoms with Crippen molar-refractivity contribution in [1.29, 1.82) is 0 Å². The zero-order valence-corrected chi connectivity index (χ0v) is 10.6. The molecule has 0 aliphatic rings. The molecule has 0 aliphatic carbocycles. The predicted molar refractivity (Wildman–Crippen MR) is 61.8 cm³/mol. The van der Waals surface area contributed by atoms with Crippen LogP contribution < -0.4 is 5.32 Å². The molecule has 2 N–H and O–H groups in total. The second-order valence-corrected chi connectivity index (χ2v) is 5.79. The summed E-state index contributed by atoms with van der Waals surface area (Å²) in [4.78, 5) is 10.2. The van der Waals surface area contributed by atoms with Crippen LogP contribution in [0, 0.1) is 0 Å². The molecule has 0 aromatic rings. The Balaban J connectivity index is 3.96. The molecule has 0 aromatic heterocycles. The van der Waals surface area contributed by atoms with E-state index in [2.05, 4.69) is 5.32 Å². The number of hydrogen-bond acceptors (Lipinski definition) is 4. The van der Waals surface area contributed by atoms with Gasteiger partial charge in [0, 0.05) is 20.0 Å². The lowest BCUT2D eigenvalue weighted by molar-refractivity contribution is -0.137. The van der Waals surface area contributed by atoms with Crippen molar-refractivity contribution in [2.45, 2.75) is 19.3 Å². The van der Waals surface area contributed by atoms with Gasteiger partial charge in [-0.1, -0.05) is 0 Å². The molecular formula is C9H20N2O4S. The van der Waals surface area contributed by atoms with Crippen molar-refractivity contribution in [3.05, 3.63) is 0 Å². The van der Waals surface area contributed by atoms with E-state index in [0.29, 0.717) is 6.54 Å². The third-order valence-electron chi connectivity index (χ3n) is 2.17. The Bertz CT molecular complexity index is 303. The molecule has 16 heavy (non-hydrogen) atoms. The first-order chi connectivity index (χ1) is 7.40. The van der Waals surface area contributed by atoms with Gasteiger partial charge < -0.3 is 10.4 Å². The molecule has 96 valence electrons. The second-order valence-electron chi connectivity index (χ2n) is 3.59. The Kier molecular flexibility index (Phi) is 7.27. The molecule has 0 aromatic carbocycles. The predicted octanol–water partition coefficient (Wildman–Crippen LogP) is -0.278. The van der Waals surface area contributed by atoms with Gasteiger partial charge >= 0.3 is 5.97 Å². The first kappa shape index (κ1) is 15.3. The van der Waals surface area contributed by atoms with Crippen LogP contribution in [0.1, 0.15) is 19.3 Å². The number of rotatable bonds is 9. The highest BCUT2D eigenvalue weighted by Gasteiger charge is 2.17. The number of nitrogens with zero attached hydrogens (tertiary/aromatic N) is 1. The highest BCUT2D eigenvalue weighted by atomic mass is 32.2. The van der Waals surface area contributed by atoms with Gasteiger partial charge in [-0.25, -0.2) is 12.7 Å². The molecule has 0 rings (SSSR count). The average molecular weight is 252 g/mol. The van der Waals surface area contributed by atoms with E-state index in [1.54, 1.807) is 7.05 Å². The van der Waals surface area contributed by atoms with Crippen LogP contribution in [0.25, 0.3) is 0 Å². The van der Waals surface area contributed by atoms with Gasteiger partial charge in [-0.2, -0.15) is 0 Å². The van der Waals surface area contributed by atoms with Crippen LogP contribution in [0.4, 0.5) is 0 Å². The van der Waals surface area contributed by atoms with Crippen molar-refractivity contribution in [3.8, 4) is 0 Å². The third-order valence-corrected chi connectivity index (χ3v) is 4.10. The Labute approximate surface area is 96.7 Å². The summed E-state index contributed by atoms with van der Waals surface area (Å²) in [5.41, 5.74) is 0. The Morgan fingerprint density at radius 1 is 1.38 bits per heavy atom. The van der Waals surface area contributed by atoms with E-state index >= 15 is 0 Å². The lowest BCUT2D eigenvalue weighted by Gasteiger charge is -2.16. The summed E-state index contributed by atoms with van der Waals surface area (Å²) in [5.74, 6) is -1.07. The van der Waals surface area contributed by atoms with Gasteiger partial charge in [-0.15, -0.1) is 0 Å². The van der Waals surface area contributed by atoms with Crippen molar-refractivity contribution in [3.63, 3.8) is 0 Å². The summed E-state index contributed by atoms with van der Waals surface area (Å²) in [7, 11) is 0.0323. The first-order valence-electron chi connectivity index (χ1n) is 5.20. The van der Waals surface area contributed by atoms with Crippen LogP contribution in [0.5, 0.6) is 0 Å². The normalized spacial score (nSPS) is 11.9. The summed E-state index contributed by atoms with van der Waals surface area (Å²) in [6, 6.07) is 0. The minimum atomic E-state index is -3.29. The van der Waals surface area contributed by atoms with Gasteiger partial charge in [0.05, 0.1) is 5.75 Å². The van der Waals surface area contributed by atoms with Crippen LogP contribution in [-0.2, 0) is 14.8 Å². The van der Waals surface area contributed by atoms with Gasteiger partial charge in [0.25, 0.3) is 0 Å². The maximum atomic E-state index is 11.6. The molecule has 7 heteroatoms. The first-order valence-corrected chi connectivity index (χ1v) is 6.81. The Hall–Kier alpha value is -0.660. The van der Waals surface area contributed by atoms with Crippen LogP contribution in [-0.4, -0.2) is 56.7 Å². The summed E-state index contributed by atoms with van der Waals surface area (Å²) < 4.78 is 24.5. The average Bonchev–Trinajstić information content (AvgIpc) is 2.17. The molecule has 0 bridgehead atoms. The summed E-state index contributed by atoms with van der Waals surface area (Å²) in [6.45, 7) is 1.21. The number of carboxylic acids is 1. The van der Waals surface area contributed by atoms with Crippen molar-refractivity contribution >= 4 is 16.0 Å². The molecule has 0 saturated heterocycles. The third kappa shape index (κ3) is 6.76. The Morgan fingerprint density at radius 3 is 2.50 bits per heavy atom. The minimum Gasteiger partial charge on any atom is -0.481 e. The molecule has 0 spiro atoms. The molecular weight excluding hydrogens is 232 g/mol. The van der Waals surface area contributed by atoms with Gasteiger partial charge in [-0.3, -0.25) is 4.79 Å². The molecule has 6 nitrogen and oxygen atoms in total. The van der Waals surface area contributed by atoms with E-state index < -0.39 is 16.0 Å². The maximum Gasteiger partial charge on any atom is 0.303 e. The SMILES string of the molecule is CNCCCN(C)S(=O)(=O)CCCC(=O)O. The van der Waals surface area contributed by atoms with Crippen LogP contribution in [0.2, 0.25) is 0 Å². The van der Waals surface area contributed by atoms with E-state index in [0.717, 1.165) is 13.0 Å². The second kappa shape index (κ2) is 7.59. The summed E-state index contributed by atoms with van der Waals surface area (Å²) >= 11 is 0. The summed E-state index contributed by atoms with van der Waals surface area (Å²) in [5, 5.41) is 11.3. The smallest absolute Gasteiger partial charge is 0.303 e. The fraction of sp³-hybridized carbons (Fsp3) is 0.889. The van der Waals surface area contributed by atoms with Gasteiger partial charge in [-0.05, 0) is 26.4 Å². The highest BCUT2D eigenvalue weighted by molar-refractivity contribution is 7.89. The number of aliphatic carboxylic acids is 1. The van der Waals surface area contributed by atoms with Crippen LogP contribution in [0.3, 0.4) is 0 Å². The lowest BCUT2D eigenvalue weighted by Crippen LogP contribution is -2.31. The van der Waals surface area contributed by atoms with Crippen molar-refractivity contribution < 1.29 is 18.3 Å². The number of carboxylic acid groups (broad SMARTS) is 1. The molecule has 0 fully saturated rings. The zero-order valence-electron chi connectivity index (χ0n) is 9.77. The molecule has 0 amide bonds. The van der Waals surface area contributed by atoms with Crippen molar-refractivity contribution in [1.82, 2.24) is 9.62 Å². The van der Waals surface area contributed by atoms with Crippen molar-refractivity contribution in [2.24, 2.45) is 0 Å². The van der Waals surface area contributed by atoms with E-state index in [1.165, 1.54) is 11.4 Å². The molecule has 0 atom stereocenters. The van der Waals surface area contributed by atoms with E-state index in [4.69, 9.17) is 5.11 Å². The minimum absolute atomic E-state index is 0.102. The van der Waals surface area contributed by atoms with Crippen LogP contribution >= 0.6 is 0 Å². The molecule has 0 unspecified atom stereocenters. The molecule has 0 radical (unpaired) electrons. The van der Waals surface area contributed by atoms with E-state index in [9.17, 15) is 13.2 Å². The largest absolute Gasteiger partial charge is 0.481 e. The fourth-order valence-corrected chi connectivity index (χ4v) is 2.41. The monoisotopic (exact) mass is 252 g/mol. The standard InChI is InChI=1S/C9H20N2O4S/c1-10-6-4-7-11(2)16(14,15)8-3-5-9(12)13/h10H,3-8H2,1-2H3,(H,12,13). The van der Waals surface area contributed by atoms with Gasteiger partial charge in [0.2, 0.25) is 10.0 Å². The van der Waals surface area contributed by atoms with E-state index in [1.807, 2.05) is 0 Å². The molecule has 0 heterocycles. The molecule has 0 saturated carbocycles. The van der Waals surface area contributed by atoms with E-state index in [-0.39, 0.29) is 18.6 Å². The number of hydrogen-bond donors (Lipinski definition) is 2.